The zero-order chi connectivity index (χ0) is 18.6. The van der Waals surface area contributed by atoms with Crippen LogP contribution < -0.4 is 10.9 Å². The summed E-state index contributed by atoms with van der Waals surface area (Å²) in [6.07, 6.45) is 1.22. The highest BCUT2D eigenvalue weighted by Gasteiger charge is 2.59. The van der Waals surface area contributed by atoms with Crippen LogP contribution in [0.5, 0.6) is 0 Å². The molecule has 138 valence electrons. The lowest BCUT2D eigenvalue weighted by molar-refractivity contribution is -0.108. The Morgan fingerprint density at radius 3 is 2.96 bits per heavy atom. The summed E-state index contributed by atoms with van der Waals surface area (Å²) in [7, 11) is 0. The summed E-state index contributed by atoms with van der Waals surface area (Å²) in [6, 6.07) is 5.20. The van der Waals surface area contributed by atoms with Gasteiger partial charge in [-0.1, -0.05) is 13.8 Å². The van der Waals surface area contributed by atoms with E-state index in [9.17, 15) is 9.59 Å². The van der Waals surface area contributed by atoms with Crippen molar-refractivity contribution in [3.8, 4) is 0 Å². The maximum atomic E-state index is 12.8. The minimum absolute atomic E-state index is 0.0670. The van der Waals surface area contributed by atoms with Gasteiger partial charge < -0.3 is 15.0 Å². The number of hydrogen-bond donors (Lipinski definition) is 2. The van der Waals surface area contributed by atoms with E-state index in [1.54, 1.807) is 18.2 Å². The van der Waals surface area contributed by atoms with Crippen molar-refractivity contribution in [2.75, 3.05) is 6.61 Å². The molecule has 1 saturated heterocycles. The summed E-state index contributed by atoms with van der Waals surface area (Å²) in [5.74, 6) is 0.256. The fourth-order valence-corrected chi connectivity index (χ4v) is 4.85. The third-order valence-electron chi connectivity index (χ3n) is 5.95. The molecule has 26 heavy (non-hydrogen) atoms. The Morgan fingerprint density at radius 1 is 1.46 bits per heavy atom. The molecule has 1 aliphatic heterocycles. The lowest BCUT2D eigenvalue weighted by Crippen LogP contribution is -2.66. The second kappa shape index (κ2) is 6.03. The first-order valence-corrected chi connectivity index (χ1v) is 9.44. The standard InChI is InChI=1S/C19H23N3O3S/c1-4-22-17(24)11-6-5-10(9-13(11)20-18(22)26)16(23)21-14-12-7-8-25-15(12)19(14,2)3/h5-6,9,12,14-15H,4,7-8H2,1-3H3,(H,20,26)(H,21,23)/t12-,14+,15+/m0/s1. The van der Waals surface area contributed by atoms with E-state index >= 15 is 0 Å². The molecule has 2 aromatic rings. The summed E-state index contributed by atoms with van der Waals surface area (Å²) >= 11 is 5.25. The summed E-state index contributed by atoms with van der Waals surface area (Å²) in [5, 5.41) is 3.70. The van der Waals surface area contributed by atoms with Crippen molar-refractivity contribution in [3.63, 3.8) is 0 Å². The molecule has 4 rings (SSSR count). The van der Waals surface area contributed by atoms with Crippen LogP contribution in [-0.2, 0) is 11.3 Å². The van der Waals surface area contributed by atoms with Crippen LogP contribution in [-0.4, -0.2) is 34.2 Å². The number of aromatic nitrogens is 2. The molecule has 2 heterocycles. The smallest absolute Gasteiger partial charge is 0.262 e. The van der Waals surface area contributed by atoms with E-state index in [4.69, 9.17) is 17.0 Å². The lowest BCUT2D eigenvalue weighted by atomic mass is 9.57. The summed E-state index contributed by atoms with van der Waals surface area (Å²) < 4.78 is 7.66. The van der Waals surface area contributed by atoms with Gasteiger partial charge in [-0.2, -0.15) is 0 Å². The van der Waals surface area contributed by atoms with Crippen molar-refractivity contribution in [1.29, 1.82) is 0 Å². The zero-order valence-electron chi connectivity index (χ0n) is 15.2. The second-order valence-electron chi connectivity index (χ2n) is 7.76. The first kappa shape index (κ1) is 17.4. The molecule has 1 amide bonds. The monoisotopic (exact) mass is 373 g/mol. The molecule has 0 bridgehead atoms. The number of H-pyrrole nitrogens is 1. The minimum Gasteiger partial charge on any atom is -0.377 e. The second-order valence-corrected chi connectivity index (χ2v) is 8.14. The lowest BCUT2D eigenvalue weighted by Gasteiger charge is -2.54. The Morgan fingerprint density at radius 2 is 2.23 bits per heavy atom. The van der Waals surface area contributed by atoms with E-state index in [2.05, 4.69) is 24.1 Å². The van der Waals surface area contributed by atoms with Gasteiger partial charge in [0.1, 0.15) is 0 Å². The highest BCUT2D eigenvalue weighted by molar-refractivity contribution is 7.71. The van der Waals surface area contributed by atoms with E-state index in [-0.39, 0.29) is 29.0 Å². The van der Waals surface area contributed by atoms with Crippen molar-refractivity contribution in [2.45, 2.75) is 45.9 Å². The molecular formula is C19H23N3O3S. The molecule has 2 aliphatic rings. The molecule has 2 fully saturated rings. The van der Waals surface area contributed by atoms with Gasteiger partial charge in [-0.15, -0.1) is 0 Å². The van der Waals surface area contributed by atoms with Gasteiger partial charge in [0.05, 0.1) is 17.0 Å². The average molecular weight is 373 g/mol. The van der Waals surface area contributed by atoms with E-state index in [1.807, 2.05) is 6.92 Å². The van der Waals surface area contributed by atoms with E-state index < -0.39 is 0 Å². The number of benzene rings is 1. The van der Waals surface area contributed by atoms with E-state index in [1.165, 1.54) is 4.57 Å². The van der Waals surface area contributed by atoms with Gasteiger partial charge in [-0.3, -0.25) is 14.2 Å². The molecule has 0 unspecified atom stereocenters. The fourth-order valence-electron chi connectivity index (χ4n) is 4.52. The van der Waals surface area contributed by atoms with Gasteiger partial charge in [0.2, 0.25) is 0 Å². The predicted octanol–water partition coefficient (Wildman–Crippen LogP) is 2.62. The van der Waals surface area contributed by atoms with Crippen LogP contribution >= 0.6 is 12.2 Å². The number of fused-ring (bicyclic) bond motifs is 2. The third-order valence-corrected chi connectivity index (χ3v) is 6.27. The zero-order valence-corrected chi connectivity index (χ0v) is 16.0. The Hall–Kier alpha value is -1.99. The van der Waals surface area contributed by atoms with Gasteiger partial charge >= 0.3 is 0 Å². The number of ether oxygens (including phenoxy) is 1. The summed E-state index contributed by atoms with van der Waals surface area (Å²) in [4.78, 5) is 28.3. The van der Waals surface area contributed by atoms with Crippen LogP contribution in [0, 0.1) is 16.1 Å². The molecule has 1 aromatic carbocycles. The van der Waals surface area contributed by atoms with Crippen LogP contribution in [0.2, 0.25) is 0 Å². The molecule has 1 saturated carbocycles. The topological polar surface area (TPSA) is 76.1 Å². The van der Waals surface area contributed by atoms with Gasteiger partial charge in [-0.05, 0) is 43.8 Å². The largest absolute Gasteiger partial charge is 0.377 e. The molecular weight excluding hydrogens is 350 g/mol. The number of carbonyl (C=O) groups excluding carboxylic acids is 1. The van der Waals surface area contributed by atoms with Crippen molar-refractivity contribution in [2.24, 2.45) is 11.3 Å². The quantitative estimate of drug-likeness (QED) is 0.811. The molecule has 6 nitrogen and oxygen atoms in total. The van der Waals surface area contributed by atoms with Crippen molar-refractivity contribution < 1.29 is 9.53 Å². The van der Waals surface area contributed by atoms with Crippen molar-refractivity contribution in [1.82, 2.24) is 14.9 Å². The Labute approximate surface area is 156 Å². The molecule has 2 N–H and O–H groups in total. The minimum atomic E-state index is -0.135. The molecule has 0 radical (unpaired) electrons. The van der Waals surface area contributed by atoms with Gasteiger partial charge in [0.15, 0.2) is 4.77 Å². The van der Waals surface area contributed by atoms with Gasteiger partial charge in [-0.25, -0.2) is 0 Å². The SMILES string of the molecule is CCn1c(=S)[nH]c2cc(C(=O)N[C@@H]3[C@@H]4CCO[C@H]4C3(C)C)ccc2c1=O. The van der Waals surface area contributed by atoms with Crippen LogP contribution in [0.25, 0.3) is 10.9 Å². The summed E-state index contributed by atoms with van der Waals surface area (Å²) in [6.45, 7) is 7.42. The Kier molecular flexibility index (Phi) is 4.04. The average Bonchev–Trinajstić information content (AvgIpc) is 3.06. The summed E-state index contributed by atoms with van der Waals surface area (Å²) in [5.41, 5.74) is 0.911. The molecule has 3 atom stereocenters. The van der Waals surface area contributed by atoms with Crippen LogP contribution in [0.4, 0.5) is 0 Å². The van der Waals surface area contributed by atoms with Gasteiger partial charge in [0, 0.05) is 36.1 Å². The maximum Gasteiger partial charge on any atom is 0.262 e. The predicted molar refractivity (Wildman–Crippen MR) is 102 cm³/mol. The van der Waals surface area contributed by atoms with Crippen molar-refractivity contribution >= 4 is 29.0 Å². The number of amides is 1. The first-order valence-electron chi connectivity index (χ1n) is 9.04. The maximum absolute atomic E-state index is 12.8. The normalized spacial score (nSPS) is 26.3. The number of nitrogens with one attached hydrogen (secondary N) is 2. The first-order chi connectivity index (χ1) is 12.3. The number of nitrogens with zero attached hydrogens (tertiary/aromatic N) is 1. The Balaban J connectivity index is 1.64. The van der Waals surface area contributed by atoms with E-state index in [0.29, 0.717) is 33.7 Å². The molecule has 0 spiro atoms. The highest BCUT2D eigenvalue weighted by atomic mass is 32.1. The van der Waals surface area contributed by atoms with Crippen LogP contribution in [0.3, 0.4) is 0 Å². The van der Waals surface area contributed by atoms with Gasteiger partial charge in [0.25, 0.3) is 11.5 Å². The molecule has 1 aromatic heterocycles. The third kappa shape index (κ3) is 2.45. The number of aromatic amines is 1. The molecule has 7 heteroatoms. The van der Waals surface area contributed by atoms with Crippen LogP contribution in [0.1, 0.15) is 37.6 Å². The highest BCUT2D eigenvalue weighted by Crippen LogP contribution is 2.52. The number of rotatable bonds is 3. The van der Waals surface area contributed by atoms with Crippen LogP contribution in [0.15, 0.2) is 23.0 Å². The number of carbonyl (C=O) groups is 1. The fraction of sp³-hybridized carbons (Fsp3) is 0.526. The Bertz CT molecular complexity index is 1010. The van der Waals surface area contributed by atoms with Crippen molar-refractivity contribution in [3.05, 3.63) is 38.9 Å². The molecule has 1 aliphatic carbocycles. The number of hydrogen-bond acceptors (Lipinski definition) is 4. The van der Waals surface area contributed by atoms with E-state index in [0.717, 1.165) is 13.0 Å².